The van der Waals surface area contributed by atoms with Crippen LogP contribution in [0.15, 0.2) is 0 Å². The molecule has 0 bridgehead atoms. The van der Waals surface area contributed by atoms with Crippen LogP contribution in [0.3, 0.4) is 0 Å². The number of rotatable bonds is 6. The van der Waals surface area contributed by atoms with Crippen molar-refractivity contribution in [2.24, 2.45) is 17.3 Å². The van der Waals surface area contributed by atoms with E-state index in [0.717, 1.165) is 32.0 Å². The Morgan fingerprint density at radius 3 is 2.52 bits per heavy atom. The standard InChI is InChI=1S/C18H36N2O/c1-4-10-19-13-18(8-5-15(2)6-9-18)14-20-11-7-16(3)17(21)12-20/h15-17,19,21H,4-14H2,1-3H3. The minimum absolute atomic E-state index is 0.123. The van der Waals surface area contributed by atoms with Crippen LogP contribution >= 0.6 is 0 Å². The van der Waals surface area contributed by atoms with E-state index in [9.17, 15) is 5.11 Å². The van der Waals surface area contributed by atoms with Crippen LogP contribution in [0.4, 0.5) is 0 Å². The fraction of sp³-hybridized carbons (Fsp3) is 1.00. The van der Waals surface area contributed by atoms with Crippen LogP contribution in [0.25, 0.3) is 0 Å². The lowest BCUT2D eigenvalue weighted by Crippen LogP contribution is -2.51. The summed E-state index contributed by atoms with van der Waals surface area (Å²) in [5, 5.41) is 13.8. The Bertz CT molecular complexity index is 300. The first-order valence-corrected chi connectivity index (χ1v) is 9.16. The van der Waals surface area contributed by atoms with Gasteiger partial charge in [-0.1, -0.05) is 33.6 Å². The molecule has 124 valence electrons. The Balaban J connectivity index is 1.92. The molecular weight excluding hydrogens is 260 g/mol. The van der Waals surface area contributed by atoms with Crippen molar-refractivity contribution in [2.45, 2.75) is 65.4 Å². The average Bonchev–Trinajstić information content (AvgIpc) is 2.47. The van der Waals surface area contributed by atoms with Crippen molar-refractivity contribution in [1.82, 2.24) is 10.2 Å². The van der Waals surface area contributed by atoms with Gasteiger partial charge in [-0.2, -0.15) is 0 Å². The van der Waals surface area contributed by atoms with E-state index in [-0.39, 0.29) is 6.10 Å². The molecule has 0 spiro atoms. The van der Waals surface area contributed by atoms with Gasteiger partial charge in [-0.05, 0) is 56.0 Å². The van der Waals surface area contributed by atoms with Crippen LogP contribution in [0, 0.1) is 17.3 Å². The number of hydrogen-bond acceptors (Lipinski definition) is 3. The Kier molecular flexibility index (Phi) is 6.51. The van der Waals surface area contributed by atoms with E-state index in [1.165, 1.54) is 45.2 Å². The highest BCUT2D eigenvalue weighted by Crippen LogP contribution is 2.39. The number of β-amino-alcohol motifs (C(OH)–C–C–N with tert-alkyl or cyclic N) is 1. The molecule has 0 aromatic heterocycles. The van der Waals surface area contributed by atoms with Crippen molar-refractivity contribution >= 4 is 0 Å². The molecule has 2 aliphatic rings. The van der Waals surface area contributed by atoms with Crippen molar-refractivity contribution < 1.29 is 5.11 Å². The SMILES string of the molecule is CCCNCC1(CN2CCC(C)C(O)C2)CCC(C)CC1. The molecule has 2 fully saturated rings. The summed E-state index contributed by atoms with van der Waals surface area (Å²) in [7, 11) is 0. The fourth-order valence-electron chi connectivity index (χ4n) is 4.03. The van der Waals surface area contributed by atoms with Gasteiger partial charge in [0.2, 0.25) is 0 Å². The number of likely N-dealkylation sites (tertiary alicyclic amines) is 1. The first kappa shape index (κ1) is 17.2. The third-order valence-electron chi connectivity index (χ3n) is 5.82. The lowest BCUT2D eigenvalue weighted by atomic mass is 9.70. The summed E-state index contributed by atoms with van der Waals surface area (Å²) >= 11 is 0. The zero-order chi connectivity index (χ0) is 15.3. The molecule has 3 nitrogen and oxygen atoms in total. The molecule has 21 heavy (non-hydrogen) atoms. The van der Waals surface area contributed by atoms with E-state index >= 15 is 0 Å². The van der Waals surface area contributed by atoms with E-state index in [4.69, 9.17) is 0 Å². The topological polar surface area (TPSA) is 35.5 Å². The third-order valence-corrected chi connectivity index (χ3v) is 5.82. The first-order chi connectivity index (χ1) is 10.0. The molecule has 0 radical (unpaired) electrons. The number of aliphatic hydroxyl groups excluding tert-OH is 1. The predicted octanol–water partition coefficient (Wildman–Crippen LogP) is 2.89. The molecule has 0 aromatic rings. The summed E-state index contributed by atoms with van der Waals surface area (Å²) in [4.78, 5) is 2.54. The van der Waals surface area contributed by atoms with Crippen LogP contribution in [-0.4, -0.2) is 48.8 Å². The van der Waals surface area contributed by atoms with Gasteiger partial charge in [-0.15, -0.1) is 0 Å². The third kappa shape index (κ3) is 4.94. The lowest BCUT2D eigenvalue weighted by molar-refractivity contribution is -0.000924. The minimum atomic E-state index is -0.123. The van der Waals surface area contributed by atoms with Crippen molar-refractivity contribution in [2.75, 3.05) is 32.7 Å². The maximum Gasteiger partial charge on any atom is 0.0693 e. The molecule has 0 amide bonds. The van der Waals surface area contributed by atoms with Crippen LogP contribution in [0.5, 0.6) is 0 Å². The summed E-state index contributed by atoms with van der Waals surface area (Å²) in [6.07, 6.45) is 7.70. The van der Waals surface area contributed by atoms with Gasteiger partial charge in [-0.3, -0.25) is 0 Å². The molecule has 1 aliphatic carbocycles. The molecule has 3 heteroatoms. The zero-order valence-electron chi connectivity index (χ0n) is 14.4. The van der Waals surface area contributed by atoms with Gasteiger partial charge in [-0.25, -0.2) is 0 Å². The number of nitrogens with one attached hydrogen (secondary N) is 1. The molecule has 1 aliphatic heterocycles. The number of nitrogens with zero attached hydrogens (tertiary/aromatic N) is 1. The largest absolute Gasteiger partial charge is 0.392 e. The predicted molar refractivity (Wildman–Crippen MR) is 89.5 cm³/mol. The van der Waals surface area contributed by atoms with Gasteiger partial charge in [0.05, 0.1) is 6.10 Å². The molecule has 2 unspecified atom stereocenters. The zero-order valence-corrected chi connectivity index (χ0v) is 14.4. The second-order valence-corrected chi connectivity index (χ2v) is 7.93. The molecule has 1 heterocycles. The van der Waals surface area contributed by atoms with Gasteiger partial charge in [0.15, 0.2) is 0 Å². The highest BCUT2D eigenvalue weighted by Gasteiger charge is 2.37. The average molecular weight is 296 g/mol. The Morgan fingerprint density at radius 2 is 1.90 bits per heavy atom. The number of piperidine rings is 1. The van der Waals surface area contributed by atoms with E-state index in [1.54, 1.807) is 0 Å². The number of aliphatic hydroxyl groups is 1. The fourth-order valence-corrected chi connectivity index (χ4v) is 4.03. The van der Waals surface area contributed by atoms with E-state index in [1.807, 2.05) is 0 Å². The molecule has 2 atom stereocenters. The van der Waals surface area contributed by atoms with E-state index in [0.29, 0.717) is 11.3 Å². The second-order valence-electron chi connectivity index (χ2n) is 7.93. The van der Waals surface area contributed by atoms with Crippen LogP contribution < -0.4 is 5.32 Å². The van der Waals surface area contributed by atoms with Crippen molar-refractivity contribution in [3.05, 3.63) is 0 Å². The van der Waals surface area contributed by atoms with Gasteiger partial charge in [0, 0.05) is 19.6 Å². The van der Waals surface area contributed by atoms with Crippen molar-refractivity contribution in [3.63, 3.8) is 0 Å². The molecule has 2 N–H and O–H groups in total. The summed E-state index contributed by atoms with van der Waals surface area (Å²) in [5.74, 6) is 1.37. The Labute approximate surface area is 131 Å². The maximum absolute atomic E-state index is 10.2. The van der Waals surface area contributed by atoms with Crippen molar-refractivity contribution in [3.8, 4) is 0 Å². The lowest BCUT2D eigenvalue weighted by Gasteiger charge is -2.45. The molecule has 1 saturated carbocycles. The van der Waals surface area contributed by atoms with Gasteiger partial charge < -0.3 is 15.3 Å². The highest BCUT2D eigenvalue weighted by molar-refractivity contribution is 4.91. The van der Waals surface area contributed by atoms with Gasteiger partial charge in [0.1, 0.15) is 0 Å². The van der Waals surface area contributed by atoms with Gasteiger partial charge in [0.25, 0.3) is 0 Å². The van der Waals surface area contributed by atoms with Crippen LogP contribution in [-0.2, 0) is 0 Å². The maximum atomic E-state index is 10.2. The highest BCUT2D eigenvalue weighted by atomic mass is 16.3. The van der Waals surface area contributed by atoms with E-state index < -0.39 is 0 Å². The summed E-state index contributed by atoms with van der Waals surface area (Å²) in [6.45, 7) is 12.4. The Hall–Kier alpha value is -0.120. The molecule has 1 saturated heterocycles. The summed E-state index contributed by atoms with van der Waals surface area (Å²) in [5.41, 5.74) is 0.446. The van der Waals surface area contributed by atoms with E-state index in [2.05, 4.69) is 31.0 Å². The molecule has 0 aromatic carbocycles. The Morgan fingerprint density at radius 1 is 1.19 bits per heavy atom. The monoisotopic (exact) mass is 296 g/mol. The van der Waals surface area contributed by atoms with Crippen molar-refractivity contribution in [1.29, 1.82) is 0 Å². The quantitative estimate of drug-likeness (QED) is 0.740. The summed E-state index contributed by atoms with van der Waals surface area (Å²) < 4.78 is 0. The number of hydrogen-bond donors (Lipinski definition) is 2. The second kappa shape index (κ2) is 7.94. The smallest absolute Gasteiger partial charge is 0.0693 e. The van der Waals surface area contributed by atoms with Crippen LogP contribution in [0.2, 0.25) is 0 Å². The first-order valence-electron chi connectivity index (χ1n) is 9.16. The van der Waals surface area contributed by atoms with Gasteiger partial charge >= 0.3 is 0 Å². The summed E-state index contributed by atoms with van der Waals surface area (Å²) in [6, 6.07) is 0. The minimum Gasteiger partial charge on any atom is -0.392 e. The van der Waals surface area contributed by atoms with Crippen LogP contribution in [0.1, 0.15) is 59.3 Å². The molecule has 2 rings (SSSR count). The molecular formula is C18H36N2O. The normalized spacial score (nSPS) is 38.6.